The van der Waals surface area contributed by atoms with Crippen molar-refractivity contribution >= 4 is 6.08 Å². The van der Waals surface area contributed by atoms with E-state index >= 15 is 0 Å². The lowest BCUT2D eigenvalue weighted by Crippen LogP contribution is -1.83. The van der Waals surface area contributed by atoms with Crippen molar-refractivity contribution in [3.63, 3.8) is 0 Å². The molecule has 0 aliphatic carbocycles. The van der Waals surface area contributed by atoms with Crippen LogP contribution in [0, 0.1) is 0 Å². The van der Waals surface area contributed by atoms with E-state index in [0.29, 0.717) is 6.54 Å². The second kappa shape index (κ2) is 7.23. The van der Waals surface area contributed by atoms with Gasteiger partial charge >= 0.3 is 0 Å². The van der Waals surface area contributed by atoms with Gasteiger partial charge in [-0.25, -0.2) is 9.79 Å². The van der Waals surface area contributed by atoms with Gasteiger partial charge < -0.3 is 0 Å². The zero-order valence-electron chi connectivity index (χ0n) is 7.10. The number of aliphatic imine (C=N–C) groups is 1. The van der Waals surface area contributed by atoms with Crippen molar-refractivity contribution in [2.45, 2.75) is 32.6 Å². The largest absolute Gasteiger partial charge is 0.234 e. The van der Waals surface area contributed by atoms with E-state index in [4.69, 9.17) is 0 Å². The van der Waals surface area contributed by atoms with Crippen LogP contribution in [0.3, 0.4) is 0 Å². The van der Waals surface area contributed by atoms with Crippen LogP contribution >= 0.6 is 0 Å². The maximum Gasteiger partial charge on any atom is 0.234 e. The molecule has 0 fully saturated rings. The number of allylic oxidation sites excluding steroid dienone is 1. The third-order valence-corrected chi connectivity index (χ3v) is 1.61. The van der Waals surface area contributed by atoms with Gasteiger partial charge in [0.05, 0.1) is 6.54 Å². The summed E-state index contributed by atoms with van der Waals surface area (Å²) in [5, 5.41) is 0. The summed E-state index contributed by atoms with van der Waals surface area (Å²) >= 11 is 0. The molecule has 0 radical (unpaired) electrons. The fourth-order valence-electron chi connectivity index (χ4n) is 0.788. The highest BCUT2D eigenvalue weighted by Gasteiger charge is 1.90. The second-order valence-electron chi connectivity index (χ2n) is 2.53. The average molecular weight is 153 g/mol. The number of nitrogens with zero attached hydrogens (tertiary/aromatic N) is 1. The monoisotopic (exact) mass is 153 g/mol. The average Bonchev–Trinajstić information content (AvgIpc) is 2.04. The Balaban J connectivity index is 3.14. The Hall–Kier alpha value is -0.880. The van der Waals surface area contributed by atoms with Crippen molar-refractivity contribution in [2.75, 3.05) is 6.54 Å². The number of rotatable bonds is 6. The molecule has 0 bridgehead atoms. The first-order valence-electron chi connectivity index (χ1n) is 4.01. The Morgan fingerprint density at radius 3 is 2.82 bits per heavy atom. The van der Waals surface area contributed by atoms with Gasteiger partial charge in [-0.1, -0.05) is 19.1 Å². The van der Waals surface area contributed by atoms with Crippen LogP contribution in [0.1, 0.15) is 32.6 Å². The van der Waals surface area contributed by atoms with E-state index < -0.39 is 0 Å². The summed E-state index contributed by atoms with van der Waals surface area (Å²) in [5.74, 6) is 0. The first kappa shape index (κ1) is 10.1. The minimum absolute atomic E-state index is 0.612. The number of hydrogen-bond acceptors (Lipinski definition) is 2. The number of carbonyl (C=O) groups excluding carboxylic acids is 1. The Morgan fingerprint density at radius 1 is 1.55 bits per heavy atom. The maximum atomic E-state index is 9.65. The molecule has 62 valence electrons. The van der Waals surface area contributed by atoms with E-state index in [9.17, 15) is 4.79 Å². The van der Waals surface area contributed by atoms with Gasteiger partial charge in [-0.05, 0) is 25.7 Å². The Labute approximate surface area is 68.0 Å². The predicted octanol–water partition coefficient (Wildman–Crippen LogP) is 2.46. The van der Waals surface area contributed by atoms with Crippen LogP contribution in [0.15, 0.2) is 17.1 Å². The third-order valence-electron chi connectivity index (χ3n) is 1.61. The molecule has 0 amide bonds. The highest BCUT2D eigenvalue weighted by molar-refractivity contribution is 5.32. The molecule has 0 rings (SSSR count). The molecule has 0 atom stereocenters. The van der Waals surface area contributed by atoms with E-state index in [1.807, 2.05) is 0 Å². The molecule has 0 N–H and O–H groups in total. The van der Waals surface area contributed by atoms with E-state index in [1.54, 1.807) is 0 Å². The van der Waals surface area contributed by atoms with Gasteiger partial charge in [0, 0.05) is 0 Å². The summed E-state index contributed by atoms with van der Waals surface area (Å²) in [6.45, 7) is 6.60. The molecule has 0 aromatic carbocycles. The molecule has 0 saturated heterocycles. The predicted molar refractivity (Wildman–Crippen MR) is 46.3 cm³/mol. The van der Waals surface area contributed by atoms with Crippen molar-refractivity contribution in [1.82, 2.24) is 0 Å². The third kappa shape index (κ3) is 7.01. The lowest BCUT2D eigenvalue weighted by atomic mass is 10.1. The van der Waals surface area contributed by atoms with Gasteiger partial charge in [0.1, 0.15) is 0 Å². The quantitative estimate of drug-likeness (QED) is 0.249. The topological polar surface area (TPSA) is 29.4 Å². The smallest absolute Gasteiger partial charge is 0.211 e. The Morgan fingerprint density at radius 2 is 2.27 bits per heavy atom. The van der Waals surface area contributed by atoms with Crippen molar-refractivity contribution in [2.24, 2.45) is 4.99 Å². The van der Waals surface area contributed by atoms with Crippen LogP contribution in [-0.4, -0.2) is 12.6 Å². The van der Waals surface area contributed by atoms with Gasteiger partial charge in [0.25, 0.3) is 0 Å². The van der Waals surface area contributed by atoms with Crippen molar-refractivity contribution in [3.8, 4) is 0 Å². The van der Waals surface area contributed by atoms with Crippen LogP contribution in [0.5, 0.6) is 0 Å². The van der Waals surface area contributed by atoms with Crippen LogP contribution < -0.4 is 0 Å². The highest BCUT2D eigenvalue weighted by atomic mass is 16.1. The molecule has 11 heavy (non-hydrogen) atoms. The molecule has 0 saturated carbocycles. The summed E-state index contributed by atoms with van der Waals surface area (Å²) < 4.78 is 0. The molecular formula is C9H15NO. The molecule has 0 aromatic rings. The fourth-order valence-corrected chi connectivity index (χ4v) is 0.788. The molecule has 0 aliphatic rings. The number of unbranched alkanes of at least 4 members (excludes halogenated alkanes) is 1. The zero-order valence-corrected chi connectivity index (χ0v) is 7.10. The minimum atomic E-state index is 0.612. The SMILES string of the molecule is C=C(CC)CCCCN=C=O. The normalized spacial score (nSPS) is 8.82. The summed E-state index contributed by atoms with van der Waals surface area (Å²) in [5.41, 5.74) is 1.28. The maximum absolute atomic E-state index is 9.65. The summed E-state index contributed by atoms with van der Waals surface area (Å²) in [7, 11) is 0. The van der Waals surface area contributed by atoms with Crippen LogP contribution in [0.4, 0.5) is 0 Å². The molecule has 0 aromatic heterocycles. The van der Waals surface area contributed by atoms with E-state index in [0.717, 1.165) is 25.7 Å². The first-order valence-corrected chi connectivity index (χ1v) is 4.01. The molecule has 0 unspecified atom stereocenters. The van der Waals surface area contributed by atoms with E-state index in [-0.39, 0.29) is 0 Å². The number of hydrogen-bond donors (Lipinski definition) is 0. The lowest BCUT2D eigenvalue weighted by molar-refractivity contribution is 0.562. The van der Waals surface area contributed by atoms with E-state index in [2.05, 4.69) is 18.5 Å². The number of isocyanates is 1. The standard InChI is InChI=1S/C9H15NO/c1-3-9(2)6-4-5-7-10-8-11/h2-7H2,1H3. The van der Waals surface area contributed by atoms with Gasteiger partial charge in [-0.2, -0.15) is 0 Å². The Bertz CT molecular complexity index is 157. The lowest BCUT2D eigenvalue weighted by Gasteiger charge is -1.98. The van der Waals surface area contributed by atoms with E-state index in [1.165, 1.54) is 11.7 Å². The van der Waals surface area contributed by atoms with Gasteiger partial charge in [-0.15, -0.1) is 0 Å². The highest BCUT2D eigenvalue weighted by Crippen LogP contribution is 2.07. The van der Waals surface area contributed by atoms with Crippen molar-refractivity contribution in [1.29, 1.82) is 0 Å². The molecular weight excluding hydrogens is 138 g/mol. The molecule has 0 spiro atoms. The van der Waals surface area contributed by atoms with Gasteiger partial charge in [-0.3, -0.25) is 0 Å². The molecule has 2 heteroatoms. The minimum Gasteiger partial charge on any atom is -0.211 e. The fraction of sp³-hybridized carbons (Fsp3) is 0.667. The summed E-state index contributed by atoms with van der Waals surface area (Å²) in [4.78, 5) is 13.1. The van der Waals surface area contributed by atoms with Crippen molar-refractivity contribution in [3.05, 3.63) is 12.2 Å². The van der Waals surface area contributed by atoms with Crippen LogP contribution in [0.25, 0.3) is 0 Å². The van der Waals surface area contributed by atoms with Gasteiger partial charge in [0.2, 0.25) is 6.08 Å². The molecule has 0 heterocycles. The molecule has 0 aliphatic heterocycles. The van der Waals surface area contributed by atoms with Crippen LogP contribution in [-0.2, 0) is 4.79 Å². The second-order valence-corrected chi connectivity index (χ2v) is 2.53. The van der Waals surface area contributed by atoms with Crippen LogP contribution in [0.2, 0.25) is 0 Å². The zero-order chi connectivity index (χ0) is 8.53. The first-order chi connectivity index (χ1) is 5.31. The molecule has 2 nitrogen and oxygen atoms in total. The summed E-state index contributed by atoms with van der Waals surface area (Å²) in [6, 6.07) is 0. The van der Waals surface area contributed by atoms with Gasteiger partial charge in [0.15, 0.2) is 0 Å². The Kier molecular flexibility index (Phi) is 6.65. The summed E-state index contributed by atoms with van der Waals surface area (Å²) in [6.07, 6.45) is 5.68. The van der Waals surface area contributed by atoms with Crippen molar-refractivity contribution < 1.29 is 4.79 Å².